The summed E-state index contributed by atoms with van der Waals surface area (Å²) in [5.41, 5.74) is 1.51. The highest BCUT2D eigenvalue weighted by molar-refractivity contribution is 5.79. The molecule has 0 bridgehead atoms. The zero-order valence-electron chi connectivity index (χ0n) is 12.7. The van der Waals surface area contributed by atoms with Gasteiger partial charge < -0.3 is 14.9 Å². The summed E-state index contributed by atoms with van der Waals surface area (Å²) in [6.45, 7) is 0.182. The van der Waals surface area contributed by atoms with E-state index in [4.69, 9.17) is 9.57 Å². The summed E-state index contributed by atoms with van der Waals surface area (Å²) in [6, 6.07) is 13.3. The standard InChI is InChI=1S/C17H17FN2O3/c1-22-16-7-5-13(6-8-16)10-19-17(21)12-23-20-11-14-3-2-4-15(18)9-14/h2-9,11H,10,12H2,1H3,(H,19,21)/b20-11-. The van der Waals surface area contributed by atoms with E-state index in [1.165, 1.54) is 18.3 Å². The first-order chi connectivity index (χ1) is 11.2. The molecule has 0 aromatic heterocycles. The number of nitrogens with zero attached hydrogens (tertiary/aromatic N) is 1. The van der Waals surface area contributed by atoms with Crippen molar-refractivity contribution in [3.63, 3.8) is 0 Å². The van der Waals surface area contributed by atoms with Crippen LogP contribution in [0.15, 0.2) is 53.7 Å². The van der Waals surface area contributed by atoms with E-state index in [-0.39, 0.29) is 18.3 Å². The largest absolute Gasteiger partial charge is 0.497 e. The summed E-state index contributed by atoms with van der Waals surface area (Å²) in [6.07, 6.45) is 1.35. The maximum Gasteiger partial charge on any atom is 0.261 e. The van der Waals surface area contributed by atoms with Crippen LogP contribution < -0.4 is 10.1 Å². The van der Waals surface area contributed by atoms with E-state index in [0.29, 0.717) is 12.1 Å². The van der Waals surface area contributed by atoms with Crippen molar-refractivity contribution < 1.29 is 18.8 Å². The Morgan fingerprint density at radius 1 is 1.26 bits per heavy atom. The molecule has 2 aromatic rings. The SMILES string of the molecule is COc1ccc(CNC(=O)CO/N=C\c2cccc(F)c2)cc1. The number of oxime groups is 1. The Balaban J connectivity index is 1.70. The number of hydrogen-bond donors (Lipinski definition) is 1. The van der Waals surface area contributed by atoms with Crippen molar-refractivity contribution in [1.82, 2.24) is 5.32 Å². The first-order valence-electron chi connectivity index (χ1n) is 6.98. The molecule has 1 amide bonds. The number of benzene rings is 2. The van der Waals surface area contributed by atoms with E-state index < -0.39 is 0 Å². The van der Waals surface area contributed by atoms with E-state index in [1.54, 1.807) is 19.2 Å². The topological polar surface area (TPSA) is 59.9 Å². The predicted molar refractivity (Wildman–Crippen MR) is 84.8 cm³/mol. The summed E-state index contributed by atoms with van der Waals surface area (Å²) in [5, 5.41) is 6.34. The van der Waals surface area contributed by atoms with Gasteiger partial charge in [-0.25, -0.2) is 4.39 Å². The molecular formula is C17H17FN2O3. The quantitative estimate of drug-likeness (QED) is 0.631. The molecule has 0 saturated heterocycles. The number of amides is 1. The number of ether oxygens (including phenoxy) is 1. The molecule has 0 aliphatic rings. The van der Waals surface area contributed by atoms with Gasteiger partial charge in [-0.3, -0.25) is 4.79 Å². The molecule has 0 aliphatic heterocycles. The van der Waals surface area contributed by atoms with E-state index >= 15 is 0 Å². The minimum atomic E-state index is -0.355. The number of carbonyl (C=O) groups excluding carboxylic acids is 1. The molecule has 2 aromatic carbocycles. The second-order valence-electron chi connectivity index (χ2n) is 4.69. The molecule has 0 atom stereocenters. The highest BCUT2D eigenvalue weighted by Gasteiger charge is 2.02. The van der Waals surface area contributed by atoms with Crippen molar-refractivity contribution in [1.29, 1.82) is 0 Å². The summed E-state index contributed by atoms with van der Waals surface area (Å²) in [4.78, 5) is 16.5. The molecule has 0 heterocycles. The van der Waals surface area contributed by atoms with Gasteiger partial charge in [0.1, 0.15) is 11.6 Å². The van der Waals surface area contributed by atoms with Gasteiger partial charge in [0.25, 0.3) is 5.91 Å². The summed E-state index contributed by atoms with van der Waals surface area (Å²) < 4.78 is 18.0. The third-order valence-corrected chi connectivity index (χ3v) is 2.97. The molecule has 0 spiro atoms. The van der Waals surface area contributed by atoms with Gasteiger partial charge in [-0.05, 0) is 35.4 Å². The molecule has 120 valence electrons. The molecule has 5 nitrogen and oxygen atoms in total. The number of rotatable bonds is 7. The fourth-order valence-corrected chi connectivity index (χ4v) is 1.78. The van der Waals surface area contributed by atoms with Gasteiger partial charge in [0.15, 0.2) is 6.61 Å². The van der Waals surface area contributed by atoms with Gasteiger partial charge >= 0.3 is 0 Å². The van der Waals surface area contributed by atoms with Crippen LogP contribution in [0.3, 0.4) is 0 Å². The average molecular weight is 316 g/mol. The molecular weight excluding hydrogens is 299 g/mol. The maximum atomic E-state index is 12.9. The summed E-state index contributed by atoms with van der Waals surface area (Å²) >= 11 is 0. The molecule has 1 N–H and O–H groups in total. The fraction of sp³-hybridized carbons (Fsp3) is 0.176. The van der Waals surface area contributed by atoms with Gasteiger partial charge in [0.05, 0.1) is 13.3 Å². The van der Waals surface area contributed by atoms with Crippen LogP contribution in [0.4, 0.5) is 4.39 Å². The van der Waals surface area contributed by atoms with Crippen molar-refractivity contribution in [3.8, 4) is 5.75 Å². The van der Waals surface area contributed by atoms with Crippen LogP contribution >= 0.6 is 0 Å². The zero-order chi connectivity index (χ0) is 16.5. The Morgan fingerprint density at radius 2 is 2.04 bits per heavy atom. The monoisotopic (exact) mass is 316 g/mol. The average Bonchev–Trinajstić information content (AvgIpc) is 2.57. The van der Waals surface area contributed by atoms with Crippen molar-refractivity contribution in [2.24, 2.45) is 5.16 Å². The predicted octanol–water partition coefficient (Wildman–Crippen LogP) is 2.50. The van der Waals surface area contributed by atoms with Gasteiger partial charge in [-0.1, -0.05) is 29.4 Å². The van der Waals surface area contributed by atoms with Crippen molar-refractivity contribution in [3.05, 3.63) is 65.5 Å². The lowest BCUT2D eigenvalue weighted by Gasteiger charge is -2.05. The van der Waals surface area contributed by atoms with Gasteiger partial charge in [-0.15, -0.1) is 0 Å². The Kier molecular flexibility index (Phi) is 6.11. The molecule has 0 aliphatic carbocycles. The number of nitrogens with one attached hydrogen (secondary N) is 1. The normalized spacial score (nSPS) is 10.5. The first kappa shape index (κ1) is 16.5. The van der Waals surface area contributed by atoms with Crippen LogP contribution in [0.5, 0.6) is 5.75 Å². The Hall–Kier alpha value is -2.89. The van der Waals surface area contributed by atoms with Gasteiger partial charge in [0, 0.05) is 6.54 Å². The summed E-state index contributed by atoms with van der Waals surface area (Å²) in [5.74, 6) is 0.110. The lowest BCUT2D eigenvalue weighted by atomic mass is 10.2. The van der Waals surface area contributed by atoms with Gasteiger partial charge in [0.2, 0.25) is 0 Å². The number of carbonyl (C=O) groups is 1. The molecule has 0 fully saturated rings. The fourth-order valence-electron chi connectivity index (χ4n) is 1.78. The van der Waals surface area contributed by atoms with E-state index in [9.17, 15) is 9.18 Å². The minimum Gasteiger partial charge on any atom is -0.497 e. The second kappa shape index (κ2) is 8.53. The lowest BCUT2D eigenvalue weighted by Crippen LogP contribution is -2.26. The van der Waals surface area contributed by atoms with E-state index in [0.717, 1.165) is 11.3 Å². The van der Waals surface area contributed by atoms with Crippen LogP contribution in [0.2, 0.25) is 0 Å². The van der Waals surface area contributed by atoms with Crippen molar-refractivity contribution in [2.45, 2.75) is 6.54 Å². The molecule has 6 heteroatoms. The highest BCUT2D eigenvalue weighted by atomic mass is 19.1. The molecule has 23 heavy (non-hydrogen) atoms. The third kappa shape index (κ3) is 5.78. The van der Waals surface area contributed by atoms with Crippen LogP contribution in [0, 0.1) is 5.82 Å². The maximum absolute atomic E-state index is 12.9. The number of halogens is 1. The molecule has 0 radical (unpaired) electrons. The zero-order valence-corrected chi connectivity index (χ0v) is 12.7. The highest BCUT2D eigenvalue weighted by Crippen LogP contribution is 2.10. The number of hydrogen-bond acceptors (Lipinski definition) is 4. The van der Waals surface area contributed by atoms with E-state index in [2.05, 4.69) is 10.5 Å². The van der Waals surface area contributed by atoms with Crippen LogP contribution in [0.1, 0.15) is 11.1 Å². The molecule has 0 unspecified atom stereocenters. The van der Waals surface area contributed by atoms with Crippen molar-refractivity contribution >= 4 is 12.1 Å². The van der Waals surface area contributed by atoms with Crippen molar-refractivity contribution in [2.75, 3.05) is 13.7 Å². The Morgan fingerprint density at radius 3 is 2.74 bits per heavy atom. The van der Waals surface area contributed by atoms with E-state index in [1.807, 2.05) is 24.3 Å². The number of methoxy groups -OCH3 is 1. The smallest absolute Gasteiger partial charge is 0.261 e. The second-order valence-corrected chi connectivity index (χ2v) is 4.69. The van der Waals surface area contributed by atoms with Crippen LogP contribution in [-0.4, -0.2) is 25.8 Å². The molecule has 2 rings (SSSR count). The Bertz CT molecular complexity index is 672. The lowest BCUT2D eigenvalue weighted by molar-refractivity contribution is -0.125. The Labute approximate surface area is 133 Å². The molecule has 0 saturated carbocycles. The first-order valence-corrected chi connectivity index (χ1v) is 6.98. The van der Waals surface area contributed by atoms with Crippen LogP contribution in [-0.2, 0) is 16.2 Å². The van der Waals surface area contributed by atoms with Gasteiger partial charge in [-0.2, -0.15) is 0 Å². The minimum absolute atomic E-state index is 0.206. The third-order valence-electron chi connectivity index (χ3n) is 2.97. The van der Waals surface area contributed by atoms with Crippen LogP contribution in [0.25, 0.3) is 0 Å². The summed E-state index contributed by atoms with van der Waals surface area (Å²) in [7, 11) is 1.60.